The third kappa shape index (κ3) is 0.758. The fourth-order valence-corrected chi connectivity index (χ4v) is 1.41. The van der Waals surface area contributed by atoms with Crippen molar-refractivity contribution in [3.05, 3.63) is 20.3 Å². The molecule has 5 heavy (non-hydrogen) atoms. The maximum absolute atomic E-state index is 2.24. The fourth-order valence-electron chi connectivity index (χ4n) is 0.210. The minimum atomic E-state index is 0.381. The Hall–Kier alpha value is 0.210. The van der Waals surface area contributed by atoms with E-state index >= 15 is 0 Å². The van der Waals surface area contributed by atoms with Gasteiger partial charge >= 0.3 is 21.2 Å². The van der Waals surface area contributed by atoms with Crippen molar-refractivity contribution in [1.29, 1.82) is 0 Å². The van der Waals surface area contributed by atoms with Crippen LogP contribution in [0.5, 0.6) is 0 Å². The molecule has 0 N–H and O–H groups in total. The van der Waals surface area contributed by atoms with Crippen LogP contribution < -0.4 is 21.2 Å². The lowest BCUT2D eigenvalue weighted by Gasteiger charge is -1.34. The predicted octanol–water partition coefficient (Wildman–Crippen LogP) is -1.88. The first-order valence-corrected chi connectivity index (χ1v) is 3.93. The van der Waals surface area contributed by atoms with Crippen LogP contribution in [0.2, 0.25) is 0 Å². The SMILES string of the molecule is C1=C[I+]C=C1. The van der Waals surface area contributed by atoms with Crippen molar-refractivity contribution in [3.63, 3.8) is 0 Å². The highest BCUT2D eigenvalue weighted by Crippen LogP contribution is 1.63. The maximum atomic E-state index is 2.24. The number of allylic oxidation sites excluding steroid dienone is 2. The summed E-state index contributed by atoms with van der Waals surface area (Å²) in [5.74, 6) is 0. The second kappa shape index (κ2) is 1.60. The lowest BCUT2D eigenvalue weighted by molar-refractivity contribution is -0.510. The topological polar surface area (TPSA) is 0 Å². The predicted molar refractivity (Wildman–Crippen MR) is 18.3 cm³/mol. The Balaban J connectivity index is 2.61. The Kier molecular flexibility index (Phi) is 1.09. The number of hydrogen-bond donors (Lipinski definition) is 0. The molecule has 0 unspecified atom stereocenters. The summed E-state index contributed by atoms with van der Waals surface area (Å²) >= 11 is 0.381. The van der Waals surface area contributed by atoms with Gasteiger partial charge in [-0.05, 0) is 12.2 Å². The third-order valence-corrected chi connectivity index (χ3v) is 2.06. The first-order chi connectivity index (χ1) is 2.50. The summed E-state index contributed by atoms with van der Waals surface area (Å²) in [5, 5.41) is 0. The van der Waals surface area contributed by atoms with Gasteiger partial charge in [0, 0.05) is 0 Å². The van der Waals surface area contributed by atoms with Crippen LogP contribution in [0.3, 0.4) is 0 Å². The molecule has 0 fully saturated rings. The molecule has 0 bridgehead atoms. The van der Waals surface area contributed by atoms with E-state index in [4.69, 9.17) is 0 Å². The molecule has 0 amide bonds. The molecule has 0 aromatic heterocycles. The normalized spacial score (nSPS) is 17.6. The Labute approximate surface area is 41.8 Å². The van der Waals surface area contributed by atoms with Crippen molar-refractivity contribution in [1.82, 2.24) is 0 Å². The van der Waals surface area contributed by atoms with Crippen LogP contribution in [0.25, 0.3) is 0 Å². The van der Waals surface area contributed by atoms with Crippen molar-refractivity contribution in [2.45, 2.75) is 0 Å². The lowest BCUT2D eigenvalue weighted by Crippen LogP contribution is -3.55. The van der Waals surface area contributed by atoms with E-state index in [0.29, 0.717) is 21.2 Å². The minimum absolute atomic E-state index is 0.381. The van der Waals surface area contributed by atoms with Gasteiger partial charge in [-0.15, -0.1) is 0 Å². The fraction of sp³-hybridized carbons (Fsp3) is 0. The summed E-state index contributed by atoms with van der Waals surface area (Å²) in [6.07, 6.45) is 4.21. The number of hydrogen-bond acceptors (Lipinski definition) is 0. The maximum Gasteiger partial charge on any atom is 0.341 e. The standard InChI is InChI=1S/C4H4I/c1-2-4-5-3-1/h1-4H/q+1. The molecular weight excluding hydrogens is 175 g/mol. The summed E-state index contributed by atoms with van der Waals surface area (Å²) in [7, 11) is 0. The van der Waals surface area contributed by atoms with Gasteiger partial charge in [0.2, 0.25) is 0 Å². The molecule has 1 rings (SSSR count). The molecule has 0 atom stereocenters. The molecule has 1 aliphatic heterocycles. The van der Waals surface area contributed by atoms with E-state index in [2.05, 4.69) is 20.3 Å². The summed E-state index contributed by atoms with van der Waals surface area (Å²) in [6.45, 7) is 0. The van der Waals surface area contributed by atoms with E-state index in [1.54, 1.807) is 0 Å². The second-order valence-electron chi connectivity index (χ2n) is 0.763. The van der Waals surface area contributed by atoms with Crippen LogP contribution in [0.4, 0.5) is 0 Å². The second-order valence-corrected chi connectivity index (χ2v) is 2.92. The van der Waals surface area contributed by atoms with Gasteiger partial charge in [-0.2, -0.15) is 0 Å². The Morgan fingerprint density at radius 2 is 1.60 bits per heavy atom. The zero-order chi connectivity index (χ0) is 3.54. The third-order valence-electron chi connectivity index (χ3n) is 0.402. The van der Waals surface area contributed by atoms with E-state index in [1.807, 2.05) is 0 Å². The molecule has 0 aromatic carbocycles. The average Bonchev–Trinajstić information content (AvgIpc) is 1.76. The summed E-state index contributed by atoms with van der Waals surface area (Å²) in [5.41, 5.74) is 0. The quantitative estimate of drug-likeness (QED) is 0.381. The summed E-state index contributed by atoms with van der Waals surface area (Å²) in [6, 6.07) is 0. The highest BCUT2D eigenvalue weighted by Gasteiger charge is 1.94. The van der Waals surface area contributed by atoms with Crippen molar-refractivity contribution < 1.29 is 21.2 Å². The molecule has 26 valence electrons. The highest BCUT2D eigenvalue weighted by atomic mass is 127. The van der Waals surface area contributed by atoms with Crippen molar-refractivity contribution in [2.24, 2.45) is 0 Å². The van der Waals surface area contributed by atoms with E-state index in [0.717, 1.165) is 0 Å². The zero-order valence-electron chi connectivity index (χ0n) is 2.69. The Morgan fingerprint density at radius 3 is 1.80 bits per heavy atom. The largest absolute Gasteiger partial charge is 0.341 e. The summed E-state index contributed by atoms with van der Waals surface area (Å²) in [4.78, 5) is 0. The smallest absolute Gasteiger partial charge is 0.0120 e. The van der Waals surface area contributed by atoms with Gasteiger partial charge in [0.1, 0.15) is 0 Å². The Morgan fingerprint density at radius 1 is 1.00 bits per heavy atom. The van der Waals surface area contributed by atoms with E-state index in [9.17, 15) is 0 Å². The van der Waals surface area contributed by atoms with Gasteiger partial charge in [-0.3, -0.25) is 0 Å². The highest BCUT2D eigenvalue weighted by molar-refractivity contribution is 4.98. The molecule has 0 aliphatic carbocycles. The van der Waals surface area contributed by atoms with Gasteiger partial charge in [-0.25, -0.2) is 0 Å². The number of rotatable bonds is 0. The van der Waals surface area contributed by atoms with Crippen molar-refractivity contribution in [3.8, 4) is 0 Å². The Bertz CT molecular complexity index is 61.7. The van der Waals surface area contributed by atoms with Crippen LogP contribution in [-0.2, 0) is 0 Å². The van der Waals surface area contributed by atoms with Crippen LogP contribution in [0.1, 0.15) is 0 Å². The molecule has 1 heterocycles. The van der Waals surface area contributed by atoms with Gasteiger partial charge < -0.3 is 0 Å². The molecule has 0 radical (unpaired) electrons. The molecule has 0 saturated carbocycles. The number of halogens is 1. The van der Waals surface area contributed by atoms with E-state index in [1.165, 1.54) is 0 Å². The molecule has 0 aromatic rings. The average molecular weight is 179 g/mol. The summed E-state index contributed by atoms with van der Waals surface area (Å²) < 4.78 is 4.47. The lowest BCUT2D eigenvalue weighted by atomic mass is 10.6. The van der Waals surface area contributed by atoms with Gasteiger partial charge in [-0.1, -0.05) is 0 Å². The van der Waals surface area contributed by atoms with E-state index in [-0.39, 0.29) is 0 Å². The van der Waals surface area contributed by atoms with E-state index < -0.39 is 0 Å². The molecular formula is C4H4I+. The van der Waals surface area contributed by atoms with Gasteiger partial charge in [0.25, 0.3) is 0 Å². The first-order valence-electron chi connectivity index (χ1n) is 1.44. The molecule has 1 aliphatic rings. The molecule has 0 spiro atoms. The minimum Gasteiger partial charge on any atom is -0.0120 e. The van der Waals surface area contributed by atoms with Crippen LogP contribution in [0, 0.1) is 0 Å². The first kappa shape index (κ1) is 3.40. The van der Waals surface area contributed by atoms with Crippen LogP contribution in [-0.4, -0.2) is 0 Å². The van der Waals surface area contributed by atoms with Gasteiger partial charge in [0.15, 0.2) is 8.17 Å². The zero-order valence-corrected chi connectivity index (χ0v) is 4.84. The monoisotopic (exact) mass is 179 g/mol. The van der Waals surface area contributed by atoms with Crippen LogP contribution in [0.15, 0.2) is 20.3 Å². The van der Waals surface area contributed by atoms with Crippen molar-refractivity contribution >= 4 is 0 Å². The van der Waals surface area contributed by atoms with Crippen molar-refractivity contribution in [2.75, 3.05) is 0 Å². The molecule has 0 saturated heterocycles. The van der Waals surface area contributed by atoms with Gasteiger partial charge in [0.05, 0.1) is 0 Å². The molecule has 1 heteroatoms. The van der Waals surface area contributed by atoms with Crippen LogP contribution >= 0.6 is 0 Å². The molecule has 0 nitrogen and oxygen atoms in total.